The van der Waals surface area contributed by atoms with Crippen LogP contribution in [0.5, 0.6) is 11.5 Å². The summed E-state index contributed by atoms with van der Waals surface area (Å²) in [6.07, 6.45) is 3.03. The van der Waals surface area contributed by atoms with Crippen LogP contribution in [0.15, 0.2) is 60.0 Å². The summed E-state index contributed by atoms with van der Waals surface area (Å²) in [7, 11) is 1.57. The lowest BCUT2D eigenvalue weighted by atomic mass is 10.1. The molecular weight excluding hydrogens is 386 g/mol. The molecule has 28 heavy (non-hydrogen) atoms. The summed E-state index contributed by atoms with van der Waals surface area (Å²) < 4.78 is 34.8. The number of rotatable bonds is 7. The number of aromatic nitrogens is 1. The van der Waals surface area contributed by atoms with Gasteiger partial charge in [0, 0.05) is 17.0 Å². The number of anilines is 1. The number of alkyl halides is 2. The fourth-order valence-corrected chi connectivity index (χ4v) is 3.11. The van der Waals surface area contributed by atoms with E-state index in [1.807, 2.05) is 18.2 Å². The van der Waals surface area contributed by atoms with Gasteiger partial charge in [-0.15, -0.1) is 11.3 Å². The van der Waals surface area contributed by atoms with E-state index < -0.39 is 6.61 Å². The number of para-hydroxylation sites is 1. The second kappa shape index (κ2) is 9.09. The van der Waals surface area contributed by atoms with Crippen LogP contribution in [-0.4, -0.2) is 24.6 Å². The summed E-state index contributed by atoms with van der Waals surface area (Å²) in [5, 5.41) is 4.66. The molecule has 144 valence electrons. The highest BCUT2D eigenvalue weighted by Gasteiger charge is 2.13. The highest BCUT2D eigenvalue weighted by Crippen LogP contribution is 2.33. The number of hydrogen-bond acceptors (Lipinski definition) is 5. The molecule has 0 saturated heterocycles. The van der Waals surface area contributed by atoms with Crippen LogP contribution < -0.4 is 14.8 Å². The molecule has 0 aliphatic heterocycles. The Hall–Kier alpha value is -3.26. The van der Waals surface area contributed by atoms with Crippen molar-refractivity contribution in [3.8, 4) is 22.8 Å². The van der Waals surface area contributed by atoms with E-state index in [0.29, 0.717) is 22.1 Å². The van der Waals surface area contributed by atoms with Crippen molar-refractivity contribution in [1.29, 1.82) is 0 Å². The number of halogens is 2. The van der Waals surface area contributed by atoms with Crippen LogP contribution in [0, 0.1) is 0 Å². The topological polar surface area (TPSA) is 60.5 Å². The van der Waals surface area contributed by atoms with Crippen molar-refractivity contribution < 1.29 is 23.0 Å². The van der Waals surface area contributed by atoms with Gasteiger partial charge < -0.3 is 9.47 Å². The Balaban J connectivity index is 1.69. The van der Waals surface area contributed by atoms with E-state index in [9.17, 15) is 13.6 Å². The molecule has 8 heteroatoms. The van der Waals surface area contributed by atoms with Gasteiger partial charge in [0.05, 0.1) is 12.8 Å². The van der Waals surface area contributed by atoms with E-state index in [2.05, 4.69) is 15.0 Å². The fourth-order valence-electron chi connectivity index (χ4n) is 2.40. The van der Waals surface area contributed by atoms with E-state index in [1.54, 1.807) is 42.8 Å². The molecule has 5 nitrogen and oxygen atoms in total. The van der Waals surface area contributed by atoms with Crippen LogP contribution in [0.4, 0.5) is 13.9 Å². The van der Waals surface area contributed by atoms with Gasteiger partial charge >= 0.3 is 6.61 Å². The van der Waals surface area contributed by atoms with Crippen molar-refractivity contribution in [2.75, 3.05) is 12.4 Å². The van der Waals surface area contributed by atoms with Crippen molar-refractivity contribution in [2.24, 2.45) is 0 Å². The summed E-state index contributed by atoms with van der Waals surface area (Å²) in [6, 6.07) is 13.6. The molecule has 0 radical (unpaired) electrons. The maximum absolute atomic E-state index is 12.6. The molecule has 0 fully saturated rings. The van der Waals surface area contributed by atoms with Crippen LogP contribution in [0.1, 0.15) is 5.56 Å². The second-order valence-corrected chi connectivity index (χ2v) is 6.37. The van der Waals surface area contributed by atoms with Gasteiger partial charge in [-0.1, -0.05) is 24.3 Å². The summed E-state index contributed by atoms with van der Waals surface area (Å²) in [5.74, 6) is 0.358. The predicted molar refractivity (Wildman–Crippen MR) is 105 cm³/mol. The smallest absolute Gasteiger partial charge is 0.387 e. The number of nitrogens with one attached hydrogen (secondary N) is 1. The zero-order valence-corrected chi connectivity index (χ0v) is 15.6. The Bertz CT molecular complexity index is 989. The maximum atomic E-state index is 12.6. The normalized spacial score (nSPS) is 11.0. The zero-order chi connectivity index (χ0) is 19.9. The molecule has 0 spiro atoms. The minimum Gasteiger partial charge on any atom is -0.497 e. The average molecular weight is 402 g/mol. The average Bonchev–Trinajstić information content (AvgIpc) is 3.14. The van der Waals surface area contributed by atoms with Crippen LogP contribution in [0.3, 0.4) is 0 Å². The van der Waals surface area contributed by atoms with Gasteiger partial charge in [-0.2, -0.15) is 8.78 Å². The lowest BCUT2D eigenvalue weighted by Gasteiger charge is -2.08. The van der Waals surface area contributed by atoms with Crippen molar-refractivity contribution in [1.82, 2.24) is 4.98 Å². The molecule has 1 heterocycles. The van der Waals surface area contributed by atoms with Gasteiger partial charge in [0.15, 0.2) is 5.13 Å². The van der Waals surface area contributed by atoms with Gasteiger partial charge in [0.25, 0.3) is 0 Å². The Morgan fingerprint density at radius 2 is 2.04 bits per heavy atom. The quantitative estimate of drug-likeness (QED) is 0.561. The number of thiazole rings is 1. The van der Waals surface area contributed by atoms with Crippen molar-refractivity contribution in [3.63, 3.8) is 0 Å². The Kier molecular flexibility index (Phi) is 6.33. The third-order valence-electron chi connectivity index (χ3n) is 3.63. The van der Waals surface area contributed by atoms with Crippen LogP contribution in [-0.2, 0) is 4.79 Å². The largest absolute Gasteiger partial charge is 0.497 e. The van der Waals surface area contributed by atoms with Gasteiger partial charge in [0.1, 0.15) is 11.5 Å². The first-order chi connectivity index (χ1) is 13.5. The number of hydrogen-bond donors (Lipinski definition) is 1. The number of carbonyl (C=O) groups is 1. The molecule has 0 bridgehead atoms. The number of carbonyl (C=O) groups excluding carboxylic acids is 1. The molecule has 2 aromatic carbocycles. The number of ether oxygens (including phenoxy) is 2. The standard InChI is InChI=1S/C20H16F2N2O3S/c1-26-14-6-4-5-13(11-14)9-10-18(25)24-20-23-16(12-28-20)15-7-2-3-8-17(15)27-19(21)22/h2-12,19H,1H3,(H,23,24,25)/b10-9+. The van der Waals surface area contributed by atoms with Crippen molar-refractivity contribution in [2.45, 2.75) is 6.61 Å². The predicted octanol–water partition coefficient (Wildman–Crippen LogP) is 5.07. The van der Waals surface area contributed by atoms with Crippen LogP contribution in [0.2, 0.25) is 0 Å². The Labute approximate surface area is 164 Å². The summed E-state index contributed by atoms with van der Waals surface area (Å²) in [6.45, 7) is -2.93. The zero-order valence-electron chi connectivity index (χ0n) is 14.8. The molecule has 3 rings (SSSR count). The first kappa shape index (κ1) is 19.5. The lowest BCUT2D eigenvalue weighted by molar-refractivity contribution is -0.111. The molecular formula is C20H16F2N2O3S. The first-order valence-electron chi connectivity index (χ1n) is 8.18. The van der Waals surface area contributed by atoms with E-state index in [0.717, 1.165) is 5.56 Å². The molecule has 0 aliphatic carbocycles. The summed E-state index contributed by atoms with van der Waals surface area (Å²) >= 11 is 1.19. The number of methoxy groups -OCH3 is 1. The summed E-state index contributed by atoms with van der Waals surface area (Å²) in [5.41, 5.74) is 1.67. The molecule has 0 aliphatic rings. The number of nitrogens with zero attached hydrogens (tertiary/aromatic N) is 1. The van der Waals surface area contributed by atoms with Gasteiger partial charge in [-0.3, -0.25) is 10.1 Å². The molecule has 0 unspecified atom stereocenters. The van der Waals surface area contributed by atoms with Crippen LogP contribution in [0.25, 0.3) is 17.3 Å². The van der Waals surface area contributed by atoms with E-state index in [1.165, 1.54) is 23.5 Å². The SMILES string of the molecule is COc1cccc(/C=C/C(=O)Nc2nc(-c3ccccc3OC(F)F)cs2)c1. The lowest BCUT2D eigenvalue weighted by Crippen LogP contribution is -2.07. The molecule has 1 aromatic heterocycles. The minimum atomic E-state index is -2.93. The third-order valence-corrected chi connectivity index (χ3v) is 4.39. The van der Waals surface area contributed by atoms with Crippen molar-refractivity contribution in [3.05, 3.63) is 65.6 Å². The Morgan fingerprint density at radius 3 is 2.82 bits per heavy atom. The van der Waals surface area contributed by atoms with Gasteiger partial charge in [-0.25, -0.2) is 4.98 Å². The fraction of sp³-hybridized carbons (Fsp3) is 0.100. The van der Waals surface area contributed by atoms with E-state index in [-0.39, 0.29) is 11.7 Å². The molecule has 1 amide bonds. The summed E-state index contributed by atoms with van der Waals surface area (Å²) in [4.78, 5) is 16.4. The first-order valence-corrected chi connectivity index (χ1v) is 9.06. The van der Waals surface area contributed by atoms with E-state index in [4.69, 9.17) is 4.74 Å². The van der Waals surface area contributed by atoms with Gasteiger partial charge in [0.2, 0.25) is 5.91 Å². The van der Waals surface area contributed by atoms with Gasteiger partial charge in [-0.05, 0) is 35.9 Å². The second-order valence-electron chi connectivity index (χ2n) is 5.51. The highest BCUT2D eigenvalue weighted by atomic mass is 32.1. The van der Waals surface area contributed by atoms with E-state index >= 15 is 0 Å². The molecule has 1 N–H and O–H groups in total. The Morgan fingerprint density at radius 1 is 1.21 bits per heavy atom. The molecule has 0 saturated carbocycles. The monoisotopic (exact) mass is 402 g/mol. The third kappa shape index (κ3) is 5.14. The van der Waals surface area contributed by atoms with Crippen LogP contribution >= 0.6 is 11.3 Å². The molecule has 0 atom stereocenters. The highest BCUT2D eigenvalue weighted by molar-refractivity contribution is 7.14. The number of amides is 1. The molecule has 3 aromatic rings. The minimum absolute atomic E-state index is 0.0265. The number of benzene rings is 2. The van der Waals surface area contributed by atoms with Crippen molar-refractivity contribution >= 4 is 28.5 Å². The maximum Gasteiger partial charge on any atom is 0.387 e.